The van der Waals surface area contributed by atoms with E-state index in [-0.39, 0.29) is 0 Å². The molecule has 0 spiro atoms. The summed E-state index contributed by atoms with van der Waals surface area (Å²) in [5, 5.41) is 1.08. The van der Waals surface area contributed by atoms with Crippen molar-refractivity contribution >= 4 is 21.9 Å². The van der Waals surface area contributed by atoms with Crippen molar-refractivity contribution in [1.82, 2.24) is 14.5 Å². The summed E-state index contributed by atoms with van der Waals surface area (Å²) in [5.41, 5.74) is 9.36. The quantitative estimate of drug-likeness (QED) is 0.687. The van der Waals surface area contributed by atoms with Crippen molar-refractivity contribution in [2.45, 2.75) is 19.9 Å². The van der Waals surface area contributed by atoms with Crippen LogP contribution in [0.15, 0.2) is 30.7 Å². The Morgan fingerprint density at radius 1 is 1.25 bits per heavy atom. The minimum atomic E-state index is 0.351. The molecule has 0 aliphatic carbocycles. The molecule has 0 aliphatic rings. The van der Waals surface area contributed by atoms with E-state index in [9.17, 15) is 0 Å². The molecule has 4 nitrogen and oxygen atoms in total. The summed E-state index contributed by atoms with van der Waals surface area (Å²) in [6.45, 7) is 4.65. The second kappa shape index (κ2) is 4.95. The highest BCUT2D eigenvalue weighted by atomic mass is 15.1. The van der Waals surface area contributed by atoms with Crippen molar-refractivity contribution in [2.24, 2.45) is 5.73 Å². The average Bonchev–Trinajstić information content (AvgIpc) is 2.89. The first-order valence-electron chi connectivity index (χ1n) is 6.65. The molecule has 2 heterocycles. The van der Waals surface area contributed by atoms with Gasteiger partial charge in [0.1, 0.15) is 5.52 Å². The van der Waals surface area contributed by atoms with Crippen LogP contribution < -0.4 is 5.73 Å². The molecule has 4 heteroatoms. The predicted octanol–water partition coefficient (Wildman–Crippen LogP) is 2.48. The summed E-state index contributed by atoms with van der Waals surface area (Å²) in [6.07, 6.45) is 3.69. The predicted molar refractivity (Wildman–Crippen MR) is 81.4 cm³/mol. The molecule has 0 atom stereocenters. The lowest BCUT2D eigenvalue weighted by atomic mass is 10.1. The average molecular weight is 264 g/mol. The fraction of sp³-hybridized carbons (Fsp3) is 0.250. The first-order valence-corrected chi connectivity index (χ1v) is 6.65. The Labute approximate surface area is 117 Å². The van der Waals surface area contributed by atoms with E-state index < -0.39 is 0 Å². The second-order valence-electron chi connectivity index (χ2n) is 4.98. The highest BCUT2D eigenvalue weighted by Crippen LogP contribution is 2.26. The summed E-state index contributed by atoms with van der Waals surface area (Å²) < 4.78 is 2.17. The Morgan fingerprint density at radius 3 is 2.85 bits per heavy atom. The van der Waals surface area contributed by atoms with Crippen LogP contribution in [0.1, 0.15) is 25.5 Å². The van der Waals surface area contributed by atoms with Gasteiger partial charge in [0.2, 0.25) is 0 Å². The first kappa shape index (κ1) is 12.6. The van der Waals surface area contributed by atoms with Crippen molar-refractivity contribution < 1.29 is 0 Å². The summed E-state index contributed by atoms with van der Waals surface area (Å²) in [4.78, 5) is 8.88. The molecule has 20 heavy (non-hydrogen) atoms. The smallest absolute Gasteiger partial charge is 0.107 e. The molecule has 0 radical (unpaired) electrons. The number of imidazole rings is 1. The molecular weight excluding hydrogens is 248 g/mol. The van der Waals surface area contributed by atoms with Crippen molar-refractivity contribution in [3.05, 3.63) is 36.3 Å². The monoisotopic (exact) mass is 264 g/mol. The fourth-order valence-corrected chi connectivity index (χ4v) is 2.34. The number of hydrogen-bond donors (Lipinski definition) is 1. The zero-order valence-corrected chi connectivity index (χ0v) is 11.6. The Bertz CT molecular complexity index is 834. The van der Waals surface area contributed by atoms with E-state index in [0.717, 1.165) is 27.5 Å². The minimum absolute atomic E-state index is 0.351. The van der Waals surface area contributed by atoms with Crippen LogP contribution in [0, 0.1) is 11.8 Å². The number of aromatic nitrogens is 3. The van der Waals surface area contributed by atoms with E-state index in [2.05, 4.69) is 46.3 Å². The van der Waals surface area contributed by atoms with E-state index >= 15 is 0 Å². The van der Waals surface area contributed by atoms with Crippen molar-refractivity contribution in [1.29, 1.82) is 0 Å². The Kier molecular flexibility index (Phi) is 3.13. The normalized spacial score (nSPS) is 11.0. The molecule has 2 N–H and O–H groups in total. The highest BCUT2D eigenvalue weighted by Gasteiger charge is 2.10. The molecule has 2 aromatic heterocycles. The highest BCUT2D eigenvalue weighted by molar-refractivity contribution is 6.02. The number of rotatable bonds is 1. The van der Waals surface area contributed by atoms with Crippen LogP contribution in [-0.2, 0) is 0 Å². The number of hydrogen-bond acceptors (Lipinski definition) is 3. The van der Waals surface area contributed by atoms with Gasteiger partial charge in [-0.15, -0.1) is 0 Å². The largest absolute Gasteiger partial charge is 0.327 e. The van der Waals surface area contributed by atoms with E-state index in [1.165, 1.54) is 0 Å². The van der Waals surface area contributed by atoms with Gasteiger partial charge in [0.25, 0.3) is 0 Å². The van der Waals surface area contributed by atoms with Gasteiger partial charge in [0, 0.05) is 17.0 Å². The van der Waals surface area contributed by atoms with Gasteiger partial charge in [-0.3, -0.25) is 4.98 Å². The maximum absolute atomic E-state index is 5.43. The molecule has 0 unspecified atom stereocenters. The van der Waals surface area contributed by atoms with Crippen molar-refractivity contribution in [2.75, 3.05) is 6.54 Å². The molecule has 0 saturated heterocycles. The van der Waals surface area contributed by atoms with Gasteiger partial charge >= 0.3 is 0 Å². The van der Waals surface area contributed by atoms with Gasteiger partial charge in [-0.25, -0.2) is 4.98 Å². The first-order chi connectivity index (χ1) is 9.70. The third-order valence-corrected chi connectivity index (χ3v) is 3.29. The summed E-state index contributed by atoms with van der Waals surface area (Å²) in [6, 6.07) is 6.38. The lowest BCUT2D eigenvalue weighted by Gasteiger charge is -2.09. The zero-order chi connectivity index (χ0) is 14.1. The Balaban J connectivity index is 2.35. The Morgan fingerprint density at radius 2 is 2.10 bits per heavy atom. The van der Waals surface area contributed by atoms with Gasteiger partial charge < -0.3 is 10.3 Å². The van der Waals surface area contributed by atoms with Crippen LogP contribution in [0.3, 0.4) is 0 Å². The van der Waals surface area contributed by atoms with Crippen LogP contribution in [0.4, 0.5) is 0 Å². The maximum Gasteiger partial charge on any atom is 0.107 e. The van der Waals surface area contributed by atoms with Crippen molar-refractivity contribution in [3.8, 4) is 11.8 Å². The molecule has 0 fully saturated rings. The third-order valence-electron chi connectivity index (χ3n) is 3.29. The number of benzene rings is 1. The molecular formula is C16H16N4. The van der Waals surface area contributed by atoms with E-state index in [0.29, 0.717) is 12.6 Å². The summed E-state index contributed by atoms with van der Waals surface area (Å²) >= 11 is 0. The SMILES string of the molecule is CC(C)n1cnc2cnc3ccc(C#CCN)cc3c21. The molecule has 0 saturated carbocycles. The molecule has 100 valence electrons. The molecule has 0 bridgehead atoms. The van der Waals surface area contributed by atoms with Gasteiger partial charge in [0.15, 0.2) is 0 Å². The summed E-state index contributed by atoms with van der Waals surface area (Å²) in [7, 11) is 0. The topological polar surface area (TPSA) is 56.7 Å². The number of pyridine rings is 1. The van der Waals surface area contributed by atoms with Crippen LogP contribution in [-0.4, -0.2) is 21.1 Å². The lowest BCUT2D eigenvalue weighted by molar-refractivity contribution is 0.619. The van der Waals surface area contributed by atoms with Gasteiger partial charge in [-0.2, -0.15) is 0 Å². The second-order valence-corrected chi connectivity index (χ2v) is 4.98. The van der Waals surface area contributed by atoms with Crippen molar-refractivity contribution in [3.63, 3.8) is 0 Å². The summed E-state index contributed by atoms with van der Waals surface area (Å²) in [5.74, 6) is 5.95. The van der Waals surface area contributed by atoms with E-state index in [1.807, 2.05) is 24.7 Å². The standard InChI is InChI=1S/C16H16N4/c1-11(2)20-10-19-15-9-18-14-6-5-12(4-3-7-17)8-13(14)16(15)20/h5-6,8-11H,7,17H2,1-2H3. The van der Waals surface area contributed by atoms with Gasteiger partial charge in [-0.1, -0.05) is 11.8 Å². The number of fused-ring (bicyclic) bond motifs is 3. The fourth-order valence-electron chi connectivity index (χ4n) is 2.34. The minimum Gasteiger partial charge on any atom is -0.327 e. The number of nitrogens with zero attached hydrogens (tertiary/aromatic N) is 3. The van der Waals surface area contributed by atoms with Gasteiger partial charge in [0.05, 0.1) is 30.1 Å². The van der Waals surface area contributed by atoms with Crippen LogP contribution in [0.25, 0.3) is 21.9 Å². The molecule has 3 rings (SSSR count). The van der Waals surface area contributed by atoms with E-state index in [4.69, 9.17) is 5.73 Å². The lowest BCUT2D eigenvalue weighted by Crippen LogP contribution is -1.99. The molecule has 0 aliphatic heterocycles. The van der Waals surface area contributed by atoms with Gasteiger partial charge in [-0.05, 0) is 32.0 Å². The molecule has 1 aromatic carbocycles. The molecule has 3 aromatic rings. The van der Waals surface area contributed by atoms with Crippen LogP contribution >= 0.6 is 0 Å². The number of nitrogens with two attached hydrogens (primary N) is 1. The Hall–Kier alpha value is -2.38. The molecule has 0 amide bonds. The maximum atomic E-state index is 5.43. The van der Waals surface area contributed by atoms with E-state index in [1.54, 1.807) is 0 Å². The third kappa shape index (κ3) is 2.02. The van der Waals surface area contributed by atoms with Crippen LogP contribution in [0.2, 0.25) is 0 Å². The zero-order valence-electron chi connectivity index (χ0n) is 11.6. The van der Waals surface area contributed by atoms with Crippen LogP contribution in [0.5, 0.6) is 0 Å².